The van der Waals surface area contributed by atoms with Crippen LogP contribution in [0.1, 0.15) is 5.56 Å². The summed E-state index contributed by atoms with van der Waals surface area (Å²) in [4.78, 5) is 6.52. The van der Waals surface area contributed by atoms with Crippen LogP contribution in [-0.2, 0) is 6.54 Å². The lowest BCUT2D eigenvalue weighted by atomic mass is 10.1. The van der Waals surface area contributed by atoms with Gasteiger partial charge in [-0.05, 0) is 42.4 Å². The molecule has 0 aliphatic rings. The van der Waals surface area contributed by atoms with E-state index in [1.165, 1.54) is 27.7 Å². The molecule has 0 atom stereocenters. The summed E-state index contributed by atoms with van der Waals surface area (Å²) >= 11 is 0. The van der Waals surface area contributed by atoms with Crippen molar-refractivity contribution in [3.8, 4) is 11.3 Å². The SMILES string of the molecule is CNCc1c[nH]c(-c2ccc3[nH]ccc3c2)c1. The molecule has 3 aromatic rings. The summed E-state index contributed by atoms with van der Waals surface area (Å²) < 4.78 is 0. The second-order valence-corrected chi connectivity index (χ2v) is 4.23. The molecule has 0 unspecified atom stereocenters. The van der Waals surface area contributed by atoms with Crippen LogP contribution >= 0.6 is 0 Å². The van der Waals surface area contributed by atoms with Crippen molar-refractivity contribution in [1.82, 2.24) is 15.3 Å². The highest BCUT2D eigenvalue weighted by molar-refractivity contribution is 5.84. The molecule has 2 heterocycles. The molecule has 0 saturated heterocycles. The molecule has 0 radical (unpaired) electrons. The summed E-state index contributed by atoms with van der Waals surface area (Å²) in [6, 6.07) is 10.7. The van der Waals surface area contributed by atoms with Gasteiger partial charge >= 0.3 is 0 Å². The summed E-state index contributed by atoms with van der Waals surface area (Å²) in [7, 11) is 1.96. The monoisotopic (exact) mass is 225 g/mol. The zero-order valence-electron chi connectivity index (χ0n) is 9.75. The van der Waals surface area contributed by atoms with E-state index in [-0.39, 0.29) is 0 Å². The van der Waals surface area contributed by atoms with Gasteiger partial charge in [-0.25, -0.2) is 0 Å². The quantitative estimate of drug-likeness (QED) is 0.630. The number of hydrogen-bond donors (Lipinski definition) is 3. The summed E-state index contributed by atoms with van der Waals surface area (Å²) in [5, 5.41) is 4.39. The van der Waals surface area contributed by atoms with Crippen LogP contribution in [0.5, 0.6) is 0 Å². The molecule has 0 bridgehead atoms. The first-order chi connectivity index (χ1) is 8.36. The van der Waals surface area contributed by atoms with Gasteiger partial charge in [0.2, 0.25) is 0 Å². The lowest BCUT2D eigenvalue weighted by Gasteiger charge is -1.98. The Hall–Kier alpha value is -2.00. The fraction of sp³-hybridized carbons (Fsp3) is 0.143. The number of aromatic nitrogens is 2. The minimum Gasteiger partial charge on any atom is -0.361 e. The Balaban J connectivity index is 2.00. The van der Waals surface area contributed by atoms with E-state index in [1.807, 2.05) is 19.4 Å². The first-order valence-corrected chi connectivity index (χ1v) is 5.76. The molecule has 0 aliphatic heterocycles. The third kappa shape index (κ3) is 1.85. The van der Waals surface area contributed by atoms with E-state index in [1.54, 1.807) is 0 Å². The molecule has 3 nitrogen and oxygen atoms in total. The van der Waals surface area contributed by atoms with Gasteiger partial charge in [0.25, 0.3) is 0 Å². The van der Waals surface area contributed by atoms with Crippen LogP contribution < -0.4 is 5.32 Å². The van der Waals surface area contributed by atoms with Gasteiger partial charge in [-0.1, -0.05) is 6.07 Å². The molecular formula is C14H15N3. The lowest BCUT2D eigenvalue weighted by molar-refractivity contribution is 0.819. The number of H-pyrrole nitrogens is 2. The van der Waals surface area contributed by atoms with Crippen LogP contribution in [0.3, 0.4) is 0 Å². The molecule has 0 amide bonds. The minimum absolute atomic E-state index is 0.892. The Morgan fingerprint density at radius 1 is 1.12 bits per heavy atom. The van der Waals surface area contributed by atoms with Crippen molar-refractivity contribution in [2.75, 3.05) is 7.05 Å². The van der Waals surface area contributed by atoms with Gasteiger partial charge in [-0.3, -0.25) is 0 Å². The Morgan fingerprint density at radius 3 is 2.94 bits per heavy atom. The van der Waals surface area contributed by atoms with Gasteiger partial charge in [-0.2, -0.15) is 0 Å². The first-order valence-electron chi connectivity index (χ1n) is 5.76. The van der Waals surface area contributed by atoms with E-state index in [9.17, 15) is 0 Å². The zero-order chi connectivity index (χ0) is 11.7. The van der Waals surface area contributed by atoms with Crippen molar-refractivity contribution in [3.05, 3.63) is 48.3 Å². The highest BCUT2D eigenvalue weighted by Gasteiger charge is 2.03. The van der Waals surface area contributed by atoms with E-state index in [0.29, 0.717) is 0 Å². The highest BCUT2D eigenvalue weighted by Crippen LogP contribution is 2.23. The largest absolute Gasteiger partial charge is 0.361 e. The predicted octanol–water partition coefficient (Wildman–Crippen LogP) is 2.88. The van der Waals surface area contributed by atoms with Gasteiger partial charge in [0.1, 0.15) is 0 Å². The number of rotatable bonds is 3. The van der Waals surface area contributed by atoms with Crippen LogP contribution in [0, 0.1) is 0 Å². The second kappa shape index (κ2) is 4.11. The standard InChI is InChI=1S/C14H15N3/c1-15-8-10-6-14(17-9-10)11-2-3-13-12(7-11)4-5-16-13/h2-7,9,15-17H,8H2,1H3. The number of aromatic amines is 2. The molecule has 3 heteroatoms. The van der Waals surface area contributed by atoms with Crippen molar-refractivity contribution in [2.45, 2.75) is 6.54 Å². The van der Waals surface area contributed by atoms with E-state index in [4.69, 9.17) is 0 Å². The van der Waals surface area contributed by atoms with Crippen LogP contribution in [0.15, 0.2) is 42.7 Å². The molecule has 2 aromatic heterocycles. The Labute approximate surface area is 99.9 Å². The van der Waals surface area contributed by atoms with Crippen molar-refractivity contribution < 1.29 is 0 Å². The molecule has 1 aromatic carbocycles. The molecule has 0 aliphatic carbocycles. The number of benzene rings is 1. The molecule has 3 N–H and O–H groups in total. The maximum absolute atomic E-state index is 3.31. The van der Waals surface area contributed by atoms with Crippen molar-refractivity contribution in [1.29, 1.82) is 0 Å². The maximum atomic E-state index is 3.31. The zero-order valence-corrected chi connectivity index (χ0v) is 9.75. The average molecular weight is 225 g/mol. The Kier molecular flexibility index (Phi) is 2.46. The maximum Gasteiger partial charge on any atom is 0.0457 e. The summed E-state index contributed by atoms with van der Waals surface area (Å²) in [5.41, 5.74) is 4.84. The van der Waals surface area contributed by atoms with Gasteiger partial charge in [0.15, 0.2) is 0 Å². The minimum atomic E-state index is 0.892. The first kappa shape index (κ1) is 10.2. The number of nitrogens with one attached hydrogen (secondary N) is 3. The molecule has 0 saturated carbocycles. The van der Waals surface area contributed by atoms with E-state index in [0.717, 1.165) is 6.54 Å². The van der Waals surface area contributed by atoms with Crippen LogP contribution in [0.25, 0.3) is 22.2 Å². The third-order valence-electron chi connectivity index (χ3n) is 2.99. The fourth-order valence-corrected chi connectivity index (χ4v) is 2.13. The van der Waals surface area contributed by atoms with Crippen LogP contribution in [-0.4, -0.2) is 17.0 Å². The van der Waals surface area contributed by atoms with Crippen molar-refractivity contribution in [2.24, 2.45) is 0 Å². The van der Waals surface area contributed by atoms with E-state index in [2.05, 4.69) is 45.6 Å². The molecule has 0 spiro atoms. The number of fused-ring (bicyclic) bond motifs is 1. The molecular weight excluding hydrogens is 210 g/mol. The summed E-state index contributed by atoms with van der Waals surface area (Å²) in [6.45, 7) is 0.892. The molecule has 0 fully saturated rings. The van der Waals surface area contributed by atoms with Crippen LogP contribution in [0.2, 0.25) is 0 Å². The Bertz CT molecular complexity index is 634. The van der Waals surface area contributed by atoms with Crippen LogP contribution in [0.4, 0.5) is 0 Å². The molecule has 3 rings (SSSR count). The molecule has 86 valence electrons. The smallest absolute Gasteiger partial charge is 0.0457 e. The third-order valence-corrected chi connectivity index (χ3v) is 2.99. The van der Waals surface area contributed by atoms with Gasteiger partial charge in [0.05, 0.1) is 0 Å². The van der Waals surface area contributed by atoms with Crippen molar-refractivity contribution in [3.63, 3.8) is 0 Å². The average Bonchev–Trinajstić information content (AvgIpc) is 2.96. The van der Waals surface area contributed by atoms with Gasteiger partial charge in [0, 0.05) is 35.5 Å². The predicted molar refractivity (Wildman–Crippen MR) is 70.8 cm³/mol. The van der Waals surface area contributed by atoms with E-state index >= 15 is 0 Å². The lowest BCUT2D eigenvalue weighted by Crippen LogP contribution is -2.03. The normalized spacial score (nSPS) is 11.1. The van der Waals surface area contributed by atoms with Gasteiger partial charge in [-0.15, -0.1) is 0 Å². The highest BCUT2D eigenvalue weighted by atomic mass is 14.8. The number of hydrogen-bond acceptors (Lipinski definition) is 1. The van der Waals surface area contributed by atoms with E-state index < -0.39 is 0 Å². The van der Waals surface area contributed by atoms with Crippen molar-refractivity contribution >= 4 is 10.9 Å². The summed E-state index contributed by atoms with van der Waals surface area (Å²) in [5.74, 6) is 0. The topological polar surface area (TPSA) is 43.6 Å². The molecule has 17 heavy (non-hydrogen) atoms. The Morgan fingerprint density at radius 2 is 2.06 bits per heavy atom. The second-order valence-electron chi connectivity index (χ2n) is 4.23. The van der Waals surface area contributed by atoms with Gasteiger partial charge < -0.3 is 15.3 Å². The summed E-state index contributed by atoms with van der Waals surface area (Å²) in [6.07, 6.45) is 4.02. The fourth-order valence-electron chi connectivity index (χ4n) is 2.13.